The number of imidazole rings is 1. The van der Waals surface area contributed by atoms with Gasteiger partial charge in [-0.05, 0) is 31.2 Å². The number of guanidine groups is 1. The number of aliphatic imine (C=N–C) groups is 1. The zero-order chi connectivity index (χ0) is 19.2. The molecule has 154 valence electrons. The van der Waals surface area contributed by atoms with E-state index in [9.17, 15) is 0 Å². The molecule has 1 aliphatic heterocycles. The predicted molar refractivity (Wildman–Crippen MR) is 126 cm³/mol. The van der Waals surface area contributed by atoms with Gasteiger partial charge in [-0.3, -0.25) is 0 Å². The van der Waals surface area contributed by atoms with E-state index in [2.05, 4.69) is 25.6 Å². The smallest absolute Gasteiger partial charge is 0.191 e. The highest BCUT2D eigenvalue weighted by Crippen LogP contribution is 2.30. The van der Waals surface area contributed by atoms with E-state index >= 15 is 0 Å². The normalized spacial score (nSPS) is 15.6. The van der Waals surface area contributed by atoms with Crippen LogP contribution in [0, 0.1) is 0 Å². The molecule has 0 spiro atoms. The molecular formula is C21H26IN5O2. The molecule has 0 aliphatic carbocycles. The van der Waals surface area contributed by atoms with E-state index in [1.807, 2.05) is 55.5 Å². The first kappa shape index (κ1) is 21.2. The van der Waals surface area contributed by atoms with Crippen molar-refractivity contribution in [1.29, 1.82) is 0 Å². The molecular weight excluding hydrogens is 481 g/mol. The van der Waals surface area contributed by atoms with E-state index in [0.29, 0.717) is 13.2 Å². The summed E-state index contributed by atoms with van der Waals surface area (Å²) in [6, 6.07) is 15.8. The van der Waals surface area contributed by atoms with Crippen LogP contribution in [0.2, 0.25) is 0 Å². The van der Waals surface area contributed by atoms with Crippen LogP contribution in [0.25, 0.3) is 11.0 Å². The first-order valence-corrected chi connectivity index (χ1v) is 9.66. The lowest BCUT2D eigenvalue weighted by Crippen LogP contribution is -2.40. The summed E-state index contributed by atoms with van der Waals surface area (Å²) in [7, 11) is 0. The maximum absolute atomic E-state index is 5.97. The minimum absolute atomic E-state index is 0. The molecule has 1 aliphatic rings. The molecule has 3 N–H and O–H groups in total. The number of rotatable bonds is 6. The van der Waals surface area contributed by atoms with E-state index in [4.69, 9.17) is 9.47 Å². The summed E-state index contributed by atoms with van der Waals surface area (Å²) in [5.74, 6) is 3.29. The molecule has 29 heavy (non-hydrogen) atoms. The van der Waals surface area contributed by atoms with Crippen LogP contribution in [-0.2, 0) is 6.42 Å². The highest BCUT2D eigenvalue weighted by atomic mass is 127. The third kappa shape index (κ3) is 5.53. The Hall–Kier alpha value is -2.49. The molecule has 2 aromatic carbocycles. The van der Waals surface area contributed by atoms with Gasteiger partial charge in [-0.25, -0.2) is 9.98 Å². The molecule has 8 heteroatoms. The number of H-pyrrole nitrogens is 1. The molecule has 0 amide bonds. The second-order valence-corrected chi connectivity index (χ2v) is 6.59. The van der Waals surface area contributed by atoms with Crippen LogP contribution in [0.3, 0.4) is 0 Å². The molecule has 0 bridgehead atoms. The summed E-state index contributed by atoms with van der Waals surface area (Å²) in [6.07, 6.45) is 0.691. The fraction of sp³-hybridized carbons (Fsp3) is 0.333. The van der Waals surface area contributed by atoms with Crippen molar-refractivity contribution in [1.82, 2.24) is 20.6 Å². The molecule has 0 fully saturated rings. The molecule has 2 heterocycles. The van der Waals surface area contributed by atoms with Gasteiger partial charge in [-0.1, -0.05) is 24.3 Å². The van der Waals surface area contributed by atoms with E-state index < -0.39 is 0 Å². The largest absolute Gasteiger partial charge is 0.486 e. The fourth-order valence-corrected chi connectivity index (χ4v) is 3.11. The van der Waals surface area contributed by atoms with E-state index in [0.717, 1.165) is 53.8 Å². The molecule has 1 unspecified atom stereocenters. The van der Waals surface area contributed by atoms with Crippen LogP contribution in [-0.4, -0.2) is 48.3 Å². The lowest BCUT2D eigenvalue weighted by molar-refractivity contribution is 0.0971. The summed E-state index contributed by atoms with van der Waals surface area (Å²) in [5.41, 5.74) is 2.06. The van der Waals surface area contributed by atoms with Crippen molar-refractivity contribution in [2.45, 2.75) is 19.4 Å². The lowest BCUT2D eigenvalue weighted by Gasteiger charge is -2.25. The van der Waals surface area contributed by atoms with Crippen LogP contribution in [0.5, 0.6) is 11.5 Å². The van der Waals surface area contributed by atoms with Crippen molar-refractivity contribution in [2.24, 2.45) is 4.99 Å². The molecule has 0 saturated carbocycles. The standard InChI is InChI=1S/C21H25N5O2.HI/c1-2-22-21(23-12-11-20-25-16-7-3-4-8-17(16)26-20)24-13-15-14-27-18-9-5-6-10-19(18)28-15;/h3-10,15H,2,11-14H2,1H3,(H,25,26)(H2,22,23,24);1H. The van der Waals surface area contributed by atoms with Crippen molar-refractivity contribution < 1.29 is 9.47 Å². The molecule has 1 aromatic heterocycles. The summed E-state index contributed by atoms with van der Waals surface area (Å²) in [6.45, 7) is 4.60. The second-order valence-electron chi connectivity index (χ2n) is 6.59. The minimum atomic E-state index is -0.0965. The Kier molecular flexibility index (Phi) is 7.56. The van der Waals surface area contributed by atoms with Gasteiger partial charge >= 0.3 is 0 Å². The van der Waals surface area contributed by atoms with Crippen LogP contribution in [0.1, 0.15) is 12.7 Å². The molecule has 4 rings (SSSR count). The number of aromatic nitrogens is 2. The number of para-hydroxylation sites is 4. The molecule has 0 radical (unpaired) electrons. The molecule has 1 atom stereocenters. The van der Waals surface area contributed by atoms with E-state index in [1.165, 1.54) is 0 Å². The zero-order valence-electron chi connectivity index (χ0n) is 16.4. The first-order chi connectivity index (χ1) is 13.8. The van der Waals surface area contributed by atoms with Crippen LogP contribution in [0.15, 0.2) is 53.5 Å². The number of fused-ring (bicyclic) bond motifs is 2. The molecule has 3 aromatic rings. The SMILES string of the molecule is CCNC(=NCC1COc2ccccc2O1)NCCc1nc2ccccc2[nH]1.I. The van der Waals surface area contributed by atoms with Gasteiger partial charge in [0.05, 0.1) is 17.6 Å². The number of aromatic amines is 1. The van der Waals surface area contributed by atoms with Gasteiger partial charge in [0.2, 0.25) is 0 Å². The Morgan fingerprint density at radius 3 is 2.76 bits per heavy atom. The van der Waals surface area contributed by atoms with E-state index in [-0.39, 0.29) is 30.1 Å². The van der Waals surface area contributed by atoms with Crippen molar-refractivity contribution in [3.8, 4) is 11.5 Å². The van der Waals surface area contributed by atoms with Gasteiger partial charge in [0.25, 0.3) is 0 Å². The number of hydrogen-bond acceptors (Lipinski definition) is 4. The highest BCUT2D eigenvalue weighted by molar-refractivity contribution is 14.0. The monoisotopic (exact) mass is 507 g/mol. The first-order valence-electron chi connectivity index (χ1n) is 9.66. The predicted octanol–water partition coefficient (Wildman–Crippen LogP) is 3.12. The maximum Gasteiger partial charge on any atom is 0.191 e. The average molecular weight is 507 g/mol. The quantitative estimate of drug-likeness (QED) is 0.272. The Morgan fingerprint density at radius 1 is 1.14 bits per heavy atom. The third-order valence-electron chi connectivity index (χ3n) is 4.46. The Bertz CT molecular complexity index is 926. The number of halogens is 1. The fourth-order valence-electron chi connectivity index (χ4n) is 3.11. The van der Waals surface area contributed by atoms with Crippen LogP contribution >= 0.6 is 24.0 Å². The molecule has 0 saturated heterocycles. The van der Waals surface area contributed by atoms with Gasteiger partial charge in [0.15, 0.2) is 23.6 Å². The number of ether oxygens (including phenoxy) is 2. The molecule has 7 nitrogen and oxygen atoms in total. The topological polar surface area (TPSA) is 83.6 Å². The van der Waals surface area contributed by atoms with Gasteiger partial charge in [-0.15, -0.1) is 24.0 Å². The second kappa shape index (κ2) is 10.3. The minimum Gasteiger partial charge on any atom is -0.486 e. The Morgan fingerprint density at radius 2 is 1.93 bits per heavy atom. The Balaban J connectivity index is 0.00000240. The summed E-state index contributed by atoms with van der Waals surface area (Å²) >= 11 is 0. The summed E-state index contributed by atoms with van der Waals surface area (Å²) < 4.78 is 11.7. The number of hydrogen-bond donors (Lipinski definition) is 3. The van der Waals surface area contributed by atoms with Gasteiger partial charge < -0.3 is 25.1 Å². The van der Waals surface area contributed by atoms with Gasteiger partial charge in [0.1, 0.15) is 12.4 Å². The lowest BCUT2D eigenvalue weighted by atomic mass is 10.2. The van der Waals surface area contributed by atoms with Gasteiger partial charge in [-0.2, -0.15) is 0 Å². The highest BCUT2D eigenvalue weighted by Gasteiger charge is 2.20. The van der Waals surface area contributed by atoms with Crippen molar-refractivity contribution >= 4 is 41.0 Å². The maximum atomic E-state index is 5.97. The van der Waals surface area contributed by atoms with Crippen LogP contribution in [0.4, 0.5) is 0 Å². The summed E-state index contributed by atoms with van der Waals surface area (Å²) in [4.78, 5) is 12.6. The number of benzene rings is 2. The zero-order valence-corrected chi connectivity index (χ0v) is 18.7. The number of nitrogens with zero attached hydrogens (tertiary/aromatic N) is 2. The van der Waals surface area contributed by atoms with Crippen molar-refractivity contribution in [3.63, 3.8) is 0 Å². The van der Waals surface area contributed by atoms with E-state index in [1.54, 1.807) is 0 Å². The van der Waals surface area contributed by atoms with Gasteiger partial charge in [0, 0.05) is 19.5 Å². The van der Waals surface area contributed by atoms with Crippen molar-refractivity contribution in [2.75, 3.05) is 26.2 Å². The number of nitrogens with one attached hydrogen (secondary N) is 3. The Labute approximate surface area is 187 Å². The van der Waals surface area contributed by atoms with Crippen LogP contribution < -0.4 is 20.1 Å². The third-order valence-corrected chi connectivity index (χ3v) is 4.46. The summed E-state index contributed by atoms with van der Waals surface area (Å²) in [5, 5.41) is 6.62. The van der Waals surface area contributed by atoms with Crippen molar-refractivity contribution in [3.05, 3.63) is 54.4 Å². The average Bonchev–Trinajstić information content (AvgIpc) is 3.14.